The summed E-state index contributed by atoms with van der Waals surface area (Å²) in [6.07, 6.45) is -1.13. The third kappa shape index (κ3) is 4.54. The van der Waals surface area contributed by atoms with Crippen LogP contribution in [-0.4, -0.2) is 18.4 Å². The highest BCUT2D eigenvalue weighted by Crippen LogP contribution is 2.24. The Morgan fingerprint density at radius 3 is 2.07 bits per heavy atom. The second-order valence-electron chi connectivity index (χ2n) is 5.46. The fourth-order valence-electron chi connectivity index (χ4n) is 2.14. The zero-order chi connectivity index (χ0) is 20.3. The van der Waals surface area contributed by atoms with E-state index >= 15 is 0 Å². The highest BCUT2D eigenvalue weighted by Gasteiger charge is 2.26. The Kier molecular flexibility index (Phi) is 6.37. The van der Waals surface area contributed by atoms with Crippen molar-refractivity contribution in [3.8, 4) is 0 Å². The first-order chi connectivity index (χ1) is 12.6. The normalized spacial score (nSPS) is 10.6. The van der Waals surface area contributed by atoms with Gasteiger partial charge >= 0.3 is 0 Å². The molecular formula is C17H12ClF5N2O2. The van der Waals surface area contributed by atoms with Gasteiger partial charge in [-0.3, -0.25) is 9.59 Å². The number of anilines is 1. The van der Waals surface area contributed by atoms with Crippen LogP contribution in [0.5, 0.6) is 0 Å². The average Bonchev–Trinajstić information content (AvgIpc) is 2.64. The molecule has 2 N–H and O–H groups in total. The van der Waals surface area contributed by atoms with Crippen LogP contribution < -0.4 is 10.6 Å². The Labute approximate surface area is 155 Å². The SMILES string of the molecule is Cc1c(Cl)cccc1NC(=O)CNC(=O)Cc1c(F)c(F)c(F)c(F)c1F. The van der Waals surface area contributed by atoms with E-state index in [0.717, 1.165) is 0 Å². The molecule has 0 bridgehead atoms. The summed E-state index contributed by atoms with van der Waals surface area (Å²) >= 11 is 5.90. The highest BCUT2D eigenvalue weighted by molar-refractivity contribution is 6.31. The van der Waals surface area contributed by atoms with Crippen molar-refractivity contribution in [2.45, 2.75) is 13.3 Å². The molecule has 0 atom stereocenters. The Morgan fingerprint density at radius 2 is 1.48 bits per heavy atom. The van der Waals surface area contributed by atoms with Gasteiger partial charge in [0.25, 0.3) is 0 Å². The van der Waals surface area contributed by atoms with Gasteiger partial charge in [0.1, 0.15) is 0 Å². The molecule has 0 aliphatic heterocycles. The molecule has 2 aromatic rings. The van der Waals surface area contributed by atoms with Gasteiger partial charge in [-0.25, -0.2) is 22.0 Å². The van der Waals surface area contributed by atoms with Gasteiger partial charge in [0, 0.05) is 16.3 Å². The molecular weight excluding hydrogens is 395 g/mol. The molecule has 2 amide bonds. The predicted molar refractivity (Wildman–Crippen MR) is 87.8 cm³/mol. The van der Waals surface area contributed by atoms with E-state index < -0.39 is 59.4 Å². The van der Waals surface area contributed by atoms with E-state index in [1.54, 1.807) is 25.1 Å². The second-order valence-corrected chi connectivity index (χ2v) is 5.87. The summed E-state index contributed by atoms with van der Waals surface area (Å²) in [6, 6.07) is 4.76. The third-order valence-corrected chi connectivity index (χ3v) is 4.04. The number of nitrogens with one attached hydrogen (secondary N) is 2. The van der Waals surface area contributed by atoms with Crippen LogP contribution in [0.25, 0.3) is 0 Å². The van der Waals surface area contributed by atoms with Gasteiger partial charge in [0.2, 0.25) is 17.6 Å². The largest absolute Gasteiger partial charge is 0.347 e. The molecule has 0 fully saturated rings. The van der Waals surface area contributed by atoms with Gasteiger partial charge < -0.3 is 10.6 Å². The van der Waals surface area contributed by atoms with Gasteiger partial charge in [-0.2, -0.15) is 0 Å². The van der Waals surface area contributed by atoms with Gasteiger partial charge in [-0.05, 0) is 24.6 Å². The summed E-state index contributed by atoms with van der Waals surface area (Å²) in [6.45, 7) is 1.07. The van der Waals surface area contributed by atoms with Gasteiger partial charge in [0.15, 0.2) is 23.3 Å². The summed E-state index contributed by atoms with van der Waals surface area (Å²) in [7, 11) is 0. The smallest absolute Gasteiger partial charge is 0.243 e. The molecule has 4 nitrogen and oxygen atoms in total. The van der Waals surface area contributed by atoms with Crippen LogP contribution in [0.3, 0.4) is 0 Å². The summed E-state index contributed by atoms with van der Waals surface area (Å²) < 4.78 is 66.3. The van der Waals surface area contributed by atoms with E-state index in [1.807, 2.05) is 5.32 Å². The van der Waals surface area contributed by atoms with Crippen molar-refractivity contribution < 1.29 is 31.5 Å². The minimum Gasteiger partial charge on any atom is -0.347 e. The van der Waals surface area contributed by atoms with Crippen LogP contribution in [0.15, 0.2) is 18.2 Å². The number of amides is 2. The summed E-state index contributed by atoms with van der Waals surface area (Å²) in [5, 5.41) is 4.91. The fourth-order valence-corrected chi connectivity index (χ4v) is 2.32. The molecule has 144 valence electrons. The van der Waals surface area contributed by atoms with Gasteiger partial charge in [-0.15, -0.1) is 0 Å². The minimum atomic E-state index is -2.31. The summed E-state index contributed by atoms with van der Waals surface area (Å²) in [5.41, 5.74) is -0.309. The maximum absolute atomic E-state index is 13.5. The minimum absolute atomic E-state index is 0.390. The van der Waals surface area contributed by atoms with Crippen LogP contribution in [0.2, 0.25) is 5.02 Å². The van der Waals surface area contributed by atoms with Crippen LogP contribution in [-0.2, 0) is 16.0 Å². The van der Waals surface area contributed by atoms with Crippen molar-refractivity contribution in [3.63, 3.8) is 0 Å². The molecule has 2 aromatic carbocycles. The van der Waals surface area contributed by atoms with E-state index in [2.05, 4.69) is 5.32 Å². The van der Waals surface area contributed by atoms with Crippen molar-refractivity contribution >= 4 is 29.1 Å². The highest BCUT2D eigenvalue weighted by atomic mass is 35.5. The van der Waals surface area contributed by atoms with Crippen LogP contribution in [0.4, 0.5) is 27.6 Å². The van der Waals surface area contributed by atoms with Crippen molar-refractivity contribution in [2.24, 2.45) is 0 Å². The molecule has 0 aliphatic carbocycles. The summed E-state index contributed by atoms with van der Waals surface area (Å²) in [5.74, 6) is -12.6. The van der Waals surface area contributed by atoms with Gasteiger partial charge in [0.05, 0.1) is 13.0 Å². The molecule has 0 saturated carbocycles. The zero-order valence-corrected chi connectivity index (χ0v) is 14.5. The molecule has 0 aromatic heterocycles. The van der Waals surface area contributed by atoms with Crippen molar-refractivity contribution in [3.05, 3.63) is 63.4 Å². The Morgan fingerprint density at radius 1 is 0.926 bits per heavy atom. The standard InChI is InChI=1S/C17H12ClF5N2O2/c1-7-9(18)3-2-4-10(7)25-12(27)6-24-11(26)5-8-13(19)15(21)17(23)16(22)14(8)20/h2-4H,5-6H2,1H3,(H,24,26)(H,25,27). The van der Waals surface area contributed by atoms with Gasteiger partial charge in [-0.1, -0.05) is 17.7 Å². The Bertz CT molecular complexity index is 892. The number of benzene rings is 2. The monoisotopic (exact) mass is 406 g/mol. The number of hydrogen-bond donors (Lipinski definition) is 2. The molecule has 0 radical (unpaired) electrons. The second kappa shape index (κ2) is 8.34. The first-order valence-corrected chi connectivity index (χ1v) is 7.83. The van der Waals surface area contributed by atoms with Crippen LogP contribution in [0.1, 0.15) is 11.1 Å². The van der Waals surface area contributed by atoms with Crippen LogP contribution >= 0.6 is 11.6 Å². The van der Waals surface area contributed by atoms with Crippen LogP contribution in [0, 0.1) is 36.0 Å². The zero-order valence-electron chi connectivity index (χ0n) is 13.7. The molecule has 0 unspecified atom stereocenters. The predicted octanol–water partition coefficient (Wildman–Crippen LogP) is 3.64. The molecule has 0 spiro atoms. The first-order valence-electron chi connectivity index (χ1n) is 7.45. The maximum atomic E-state index is 13.5. The van der Waals surface area contributed by atoms with E-state index in [1.165, 1.54) is 0 Å². The summed E-state index contributed by atoms with van der Waals surface area (Å²) in [4.78, 5) is 23.6. The fraction of sp³-hybridized carbons (Fsp3) is 0.176. The number of carbonyl (C=O) groups excluding carboxylic acids is 2. The third-order valence-electron chi connectivity index (χ3n) is 3.63. The molecule has 27 heavy (non-hydrogen) atoms. The lowest BCUT2D eigenvalue weighted by Gasteiger charge is -2.11. The van der Waals surface area contributed by atoms with E-state index in [4.69, 9.17) is 11.6 Å². The molecule has 2 rings (SSSR count). The lowest BCUT2D eigenvalue weighted by Crippen LogP contribution is -2.34. The Balaban J connectivity index is 2.01. The van der Waals surface area contributed by atoms with Crippen molar-refractivity contribution in [1.29, 1.82) is 0 Å². The lowest BCUT2D eigenvalue weighted by molar-refractivity contribution is -0.123. The number of hydrogen-bond acceptors (Lipinski definition) is 2. The number of carbonyl (C=O) groups is 2. The van der Waals surface area contributed by atoms with Crippen molar-refractivity contribution in [2.75, 3.05) is 11.9 Å². The quantitative estimate of drug-likeness (QED) is 0.452. The number of halogens is 6. The van der Waals surface area contributed by atoms with Crippen molar-refractivity contribution in [1.82, 2.24) is 5.32 Å². The van der Waals surface area contributed by atoms with E-state index in [9.17, 15) is 31.5 Å². The van der Waals surface area contributed by atoms with E-state index in [-0.39, 0.29) is 0 Å². The molecule has 10 heteroatoms. The molecule has 0 heterocycles. The number of rotatable bonds is 5. The topological polar surface area (TPSA) is 58.2 Å². The molecule has 0 aliphatic rings. The lowest BCUT2D eigenvalue weighted by atomic mass is 10.1. The Hall–Kier alpha value is -2.68. The first kappa shape index (κ1) is 20.6. The average molecular weight is 407 g/mol. The van der Waals surface area contributed by atoms with E-state index in [0.29, 0.717) is 16.3 Å². The molecule has 0 saturated heterocycles. The maximum Gasteiger partial charge on any atom is 0.243 e.